The van der Waals surface area contributed by atoms with Gasteiger partial charge in [0, 0.05) is 17.2 Å². The highest BCUT2D eigenvalue weighted by Crippen LogP contribution is 2.64. The summed E-state index contributed by atoms with van der Waals surface area (Å²) in [6, 6.07) is 62.0. The van der Waals surface area contributed by atoms with E-state index < -0.39 is 5.41 Å². The molecule has 62 heavy (non-hydrogen) atoms. The molecular formula is C61H47N. The van der Waals surface area contributed by atoms with E-state index in [1.807, 2.05) is 0 Å². The van der Waals surface area contributed by atoms with E-state index in [1.165, 1.54) is 77.6 Å². The molecule has 0 saturated carbocycles. The Balaban J connectivity index is 1.10. The van der Waals surface area contributed by atoms with Gasteiger partial charge >= 0.3 is 0 Å². The van der Waals surface area contributed by atoms with Crippen molar-refractivity contribution < 1.29 is 0 Å². The number of fused-ring (bicyclic) bond motifs is 8. The van der Waals surface area contributed by atoms with Crippen molar-refractivity contribution in [1.82, 2.24) is 0 Å². The predicted octanol–water partition coefficient (Wildman–Crippen LogP) is 15.5. The summed E-state index contributed by atoms with van der Waals surface area (Å²) in [4.78, 5) is 5.87. The first-order valence-corrected chi connectivity index (χ1v) is 22.0. The molecule has 0 amide bonds. The highest BCUT2D eigenvalue weighted by Gasteiger charge is 2.54. The second-order valence-corrected chi connectivity index (χ2v) is 16.9. The van der Waals surface area contributed by atoms with Crippen LogP contribution in [0.1, 0.15) is 70.7 Å². The molecule has 4 aliphatic carbocycles. The average molecular weight is 794 g/mol. The molecule has 0 bridgehead atoms. The lowest BCUT2D eigenvalue weighted by atomic mass is 9.71. The van der Waals surface area contributed by atoms with Crippen molar-refractivity contribution in [2.24, 2.45) is 10.9 Å². The van der Waals surface area contributed by atoms with Gasteiger partial charge in [-0.25, -0.2) is 0 Å². The third-order valence-electron chi connectivity index (χ3n) is 13.4. The van der Waals surface area contributed by atoms with Crippen molar-refractivity contribution in [1.29, 1.82) is 0 Å². The Morgan fingerprint density at radius 3 is 2.11 bits per heavy atom. The van der Waals surface area contributed by atoms with Gasteiger partial charge in [-0.1, -0.05) is 213 Å². The van der Waals surface area contributed by atoms with Crippen molar-refractivity contribution in [3.8, 4) is 11.1 Å². The predicted molar refractivity (Wildman–Crippen MR) is 264 cm³/mol. The van der Waals surface area contributed by atoms with E-state index in [4.69, 9.17) is 11.6 Å². The van der Waals surface area contributed by atoms with Gasteiger partial charge in [-0.2, -0.15) is 0 Å². The molecular weight excluding hydrogens is 747 g/mol. The second kappa shape index (κ2) is 15.6. The molecule has 7 aromatic carbocycles. The molecule has 0 saturated heterocycles. The number of nitrogens with zero attached hydrogens (tertiary/aromatic N) is 1. The van der Waals surface area contributed by atoms with Crippen LogP contribution in [0.15, 0.2) is 229 Å². The Morgan fingerprint density at radius 1 is 0.645 bits per heavy atom. The molecule has 296 valence electrons. The van der Waals surface area contributed by atoms with Gasteiger partial charge < -0.3 is 0 Å². The molecule has 1 heteroatoms. The lowest BCUT2D eigenvalue weighted by Crippen LogP contribution is -2.27. The fourth-order valence-electron chi connectivity index (χ4n) is 10.5. The van der Waals surface area contributed by atoms with Crippen molar-refractivity contribution in [3.05, 3.63) is 269 Å². The molecule has 0 radical (unpaired) electrons. The van der Waals surface area contributed by atoms with Gasteiger partial charge in [-0.15, -0.1) is 0 Å². The van der Waals surface area contributed by atoms with Crippen LogP contribution in [0.2, 0.25) is 0 Å². The van der Waals surface area contributed by atoms with Gasteiger partial charge in [0.25, 0.3) is 0 Å². The van der Waals surface area contributed by atoms with Gasteiger partial charge in [-0.3, -0.25) is 4.99 Å². The molecule has 11 rings (SSSR count). The zero-order valence-corrected chi connectivity index (χ0v) is 35.1. The number of benzene rings is 7. The topological polar surface area (TPSA) is 12.4 Å². The summed E-state index contributed by atoms with van der Waals surface area (Å²) >= 11 is 0. The molecule has 0 heterocycles. The molecule has 0 aliphatic heterocycles. The summed E-state index contributed by atoms with van der Waals surface area (Å²) < 4.78 is 0. The van der Waals surface area contributed by atoms with Crippen LogP contribution in [0.25, 0.3) is 50.3 Å². The van der Waals surface area contributed by atoms with Gasteiger partial charge in [0.1, 0.15) is 0 Å². The lowest BCUT2D eigenvalue weighted by Gasteiger charge is -2.31. The summed E-state index contributed by atoms with van der Waals surface area (Å²) in [6.45, 7) is 7.16. The molecule has 1 nitrogen and oxygen atoms in total. The SMILES string of the molecule is C=C(C1=C(N=C(C)C2=CCCC=C2)C2(c3ccccc31)c1ccccc1-c1ccc(C3=CCC(/C(=C\c4ccccc4)c4ccccc4)C=C3)cc12)c1cccc2ccccc12. The maximum absolute atomic E-state index is 5.87. The summed E-state index contributed by atoms with van der Waals surface area (Å²) in [5.41, 5.74) is 19.6. The molecule has 0 fully saturated rings. The molecule has 4 aliphatic rings. The van der Waals surface area contributed by atoms with Gasteiger partial charge in [0.2, 0.25) is 0 Å². The Kier molecular flexibility index (Phi) is 9.47. The van der Waals surface area contributed by atoms with Gasteiger partial charge in [0.15, 0.2) is 0 Å². The zero-order chi connectivity index (χ0) is 41.6. The van der Waals surface area contributed by atoms with Crippen molar-refractivity contribution in [2.75, 3.05) is 0 Å². The molecule has 2 atom stereocenters. The van der Waals surface area contributed by atoms with Crippen LogP contribution in [0.5, 0.6) is 0 Å². The largest absolute Gasteiger partial charge is 0.255 e. The average Bonchev–Trinajstić information content (AvgIpc) is 3.80. The lowest BCUT2D eigenvalue weighted by molar-refractivity contribution is 0.756. The van der Waals surface area contributed by atoms with Crippen molar-refractivity contribution >= 4 is 44.9 Å². The van der Waals surface area contributed by atoms with Gasteiger partial charge in [-0.05, 0) is 121 Å². The first-order valence-electron chi connectivity index (χ1n) is 22.0. The smallest absolute Gasteiger partial charge is 0.0898 e. The highest BCUT2D eigenvalue weighted by molar-refractivity contribution is 6.16. The van der Waals surface area contributed by atoms with E-state index in [2.05, 4.69) is 219 Å². The monoisotopic (exact) mass is 793 g/mol. The molecule has 1 spiro atoms. The van der Waals surface area contributed by atoms with E-state index in [9.17, 15) is 0 Å². The summed E-state index contributed by atoms with van der Waals surface area (Å²) in [6.07, 6.45) is 19.4. The van der Waals surface area contributed by atoms with Crippen molar-refractivity contribution in [3.63, 3.8) is 0 Å². The Labute approximate surface area is 365 Å². The minimum Gasteiger partial charge on any atom is -0.255 e. The normalized spacial score (nSPS) is 19.0. The minimum atomic E-state index is -0.665. The van der Waals surface area contributed by atoms with Crippen LogP contribution in [0.4, 0.5) is 0 Å². The van der Waals surface area contributed by atoms with Crippen LogP contribution in [0.3, 0.4) is 0 Å². The second-order valence-electron chi connectivity index (χ2n) is 16.9. The molecule has 7 aromatic rings. The quantitative estimate of drug-likeness (QED) is 0.107. The summed E-state index contributed by atoms with van der Waals surface area (Å²) in [5, 5.41) is 2.40. The summed E-state index contributed by atoms with van der Waals surface area (Å²) in [5.74, 6) is 0.255. The van der Waals surface area contributed by atoms with E-state index in [-0.39, 0.29) is 5.92 Å². The van der Waals surface area contributed by atoms with E-state index in [1.54, 1.807) is 0 Å². The van der Waals surface area contributed by atoms with E-state index in [0.29, 0.717) is 0 Å². The van der Waals surface area contributed by atoms with Crippen LogP contribution in [-0.4, -0.2) is 5.71 Å². The maximum atomic E-state index is 5.87. The third-order valence-corrected chi connectivity index (χ3v) is 13.4. The molecule has 2 unspecified atom stereocenters. The van der Waals surface area contributed by atoms with Crippen LogP contribution < -0.4 is 0 Å². The number of rotatable bonds is 8. The molecule has 0 aromatic heterocycles. The Morgan fingerprint density at radius 2 is 1.34 bits per heavy atom. The zero-order valence-electron chi connectivity index (χ0n) is 35.1. The van der Waals surface area contributed by atoms with Crippen LogP contribution in [-0.2, 0) is 5.41 Å². The number of hydrogen-bond donors (Lipinski definition) is 0. The standard InChI is InChI=1S/C61H47N/c1-41(50-30-18-26-46-25-12-13-27-51(46)50)59-54-29-15-17-32-57(54)61(60(59)62-42(2)44-21-8-4-9-22-44)56-31-16-14-28-52(56)53-38-37-49(40-58(53)61)45-33-35-48(36-34-45)55(47-23-10-5-11-24-47)39-43-19-6-3-7-20-43/h3,5-8,10-35,37-40,48H,1,4,9,36H2,2H3/b55-39-,62-42?. The number of aliphatic imine (C=N–C) groups is 1. The molecule has 0 N–H and O–H groups in total. The first-order chi connectivity index (χ1) is 30.6. The highest BCUT2D eigenvalue weighted by atomic mass is 14.8. The van der Waals surface area contributed by atoms with E-state index in [0.717, 1.165) is 47.4 Å². The fraction of sp³-hybridized carbons (Fsp3) is 0.0984. The first kappa shape index (κ1) is 37.6. The van der Waals surface area contributed by atoms with Gasteiger partial charge in [0.05, 0.1) is 11.1 Å². The maximum Gasteiger partial charge on any atom is 0.0898 e. The summed E-state index contributed by atoms with van der Waals surface area (Å²) in [7, 11) is 0. The van der Waals surface area contributed by atoms with Crippen LogP contribution in [0, 0.1) is 5.92 Å². The van der Waals surface area contributed by atoms with Crippen molar-refractivity contribution in [2.45, 2.75) is 31.6 Å². The Hall–Kier alpha value is -7.35. The van der Waals surface area contributed by atoms with E-state index >= 15 is 0 Å². The number of hydrogen-bond acceptors (Lipinski definition) is 1. The van der Waals surface area contributed by atoms with Crippen LogP contribution >= 0.6 is 0 Å². The third kappa shape index (κ3) is 6.19. The fourth-order valence-corrected chi connectivity index (χ4v) is 10.5. The number of allylic oxidation sites excluding steroid dienone is 12. The minimum absolute atomic E-state index is 0.255. The Bertz CT molecular complexity index is 3160.